The number of ketones is 1. The molecule has 0 amide bonds. The van der Waals surface area contributed by atoms with E-state index in [0.29, 0.717) is 19.3 Å². The van der Waals surface area contributed by atoms with Gasteiger partial charge in [-0.15, -0.1) is 0 Å². The molecule has 12 heteroatoms. The number of carbonyl (C=O) groups excluding carboxylic acids is 2. The van der Waals surface area contributed by atoms with E-state index in [1.807, 2.05) is 13.8 Å². The average molecular weight is 487 g/mol. The van der Waals surface area contributed by atoms with Gasteiger partial charge < -0.3 is 23.9 Å². The summed E-state index contributed by atoms with van der Waals surface area (Å²) in [4.78, 5) is 26.4. The molecule has 0 aromatic rings. The highest BCUT2D eigenvalue weighted by Crippen LogP contribution is 2.62. The van der Waals surface area contributed by atoms with Gasteiger partial charge in [-0.2, -0.15) is 0 Å². The molecule has 2 fully saturated rings. The average Bonchev–Trinajstić information content (AvgIpc) is 3.25. The third kappa shape index (κ3) is 8.81. The van der Waals surface area contributed by atoms with E-state index in [1.165, 1.54) is 6.92 Å². The van der Waals surface area contributed by atoms with Crippen molar-refractivity contribution in [2.24, 2.45) is 0 Å². The third-order valence-corrected chi connectivity index (χ3v) is 8.84. The van der Waals surface area contributed by atoms with Crippen LogP contribution in [0.4, 0.5) is 0 Å². The number of Topliss-reactive ketones (excluding diaryl/α,β-unsaturated/α-hetero) is 1. The summed E-state index contributed by atoms with van der Waals surface area (Å²) in [5, 5.41) is 0. The minimum atomic E-state index is -3.66. The lowest BCUT2D eigenvalue weighted by Crippen LogP contribution is -2.31. The molecule has 0 aromatic carbocycles. The Bertz CT molecular complexity index is 735. The molecule has 9 nitrogen and oxygen atoms in total. The predicted octanol–water partition coefficient (Wildman–Crippen LogP) is 3.30. The van der Waals surface area contributed by atoms with Gasteiger partial charge in [-0.1, -0.05) is 6.92 Å². The van der Waals surface area contributed by atoms with Crippen LogP contribution in [-0.4, -0.2) is 75.0 Å². The van der Waals surface area contributed by atoms with Crippen LogP contribution in [0, 0.1) is 6.57 Å². The summed E-state index contributed by atoms with van der Waals surface area (Å²) in [7, 11) is 5.86. The Labute approximate surface area is 195 Å². The van der Waals surface area contributed by atoms with Gasteiger partial charge in [-0.3, -0.25) is 13.8 Å². The molecule has 178 valence electrons. The monoisotopic (exact) mass is 487 g/mol. The first-order valence-corrected chi connectivity index (χ1v) is 13.9. The molecule has 0 spiro atoms. The quantitative estimate of drug-likeness (QED) is 0.127. The highest BCUT2D eigenvalue weighted by atomic mass is 32.7. The van der Waals surface area contributed by atoms with Crippen molar-refractivity contribution in [3.8, 4) is 0 Å². The zero-order valence-electron chi connectivity index (χ0n) is 18.8. The first-order valence-electron chi connectivity index (χ1n) is 10.8. The molecule has 32 heavy (non-hydrogen) atoms. The second-order valence-electron chi connectivity index (χ2n) is 7.91. The fourth-order valence-electron chi connectivity index (χ4n) is 3.54. The topological polar surface area (TPSA) is 102 Å². The van der Waals surface area contributed by atoms with Crippen LogP contribution in [0.5, 0.6) is 0 Å². The number of carbonyl (C=O) groups is 2. The summed E-state index contributed by atoms with van der Waals surface area (Å²) in [6, 6.07) is -0.496. The molecule has 2 aliphatic rings. The highest BCUT2D eigenvalue weighted by Gasteiger charge is 2.42. The van der Waals surface area contributed by atoms with Crippen LogP contribution in [0.15, 0.2) is 0 Å². The minimum Gasteiger partial charge on any atom is -0.459 e. The first-order chi connectivity index (χ1) is 15.2. The van der Waals surface area contributed by atoms with Gasteiger partial charge >= 0.3 is 12.8 Å². The van der Waals surface area contributed by atoms with E-state index in [1.54, 1.807) is 0 Å². The highest BCUT2D eigenvalue weighted by molar-refractivity contribution is 8.55. The van der Waals surface area contributed by atoms with E-state index >= 15 is 0 Å². The maximum atomic E-state index is 13.5. The lowest BCUT2D eigenvalue weighted by atomic mass is 9.96. The largest absolute Gasteiger partial charge is 0.459 e. The van der Waals surface area contributed by atoms with Crippen molar-refractivity contribution in [1.29, 1.82) is 0 Å². The number of nitrogens with zero attached hydrogens (tertiary/aromatic N) is 1. The molecule has 0 N–H and O–H groups in total. The van der Waals surface area contributed by atoms with Gasteiger partial charge in [0.25, 0.3) is 0 Å². The lowest BCUT2D eigenvalue weighted by molar-refractivity contribution is -0.153. The standard InChI is InChI=1S/C20H31BNO8PS/c1-5-15-17(11-19(21)28-15)30-31(25,32-9-8-22-4)26-12-18-16(10-14(3)27-18)29-20(24)7-6-13(2)23/h14-19H,5-12H2,1-3H3. The summed E-state index contributed by atoms with van der Waals surface area (Å²) in [6.45, 7) is 8.55. The van der Waals surface area contributed by atoms with E-state index in [2.05, 4.69) is 4.85 Å². The van der Waals surface area contributed by atoms with Crippen molar-refractivity contribution >= 4 is 37.8 Å². The fourth-order valence-corrected chi connectivity index (χ4v) is 6.85. The number of ether oxygens (including phenoxy) is 3. The van der Waals surface area contributed by atoms with Crippen LogP contribution < -0.4 is 0 Å². The van der Waals surface area contributed by atoms with E-state index in [0.717, 1.165) is 11.4 Å². The van der Waals surface area contributed by atoms with Gasteiger partial charge in [0.15, 0.2) is 0 Å². The van der Waals surface area contributed by atoms with Crippen molar-refractivity contribution in [3.63, 3.8) is 0 Å². The van der Waals surface area contributed by atoms with Crippen LogP contribution in [-0.2, 0) is 37.4 Å². The Kier molecular flexibility index (Phi) is 11.2. The molecule has 2 aliphatic heterocycles. The van der Waals surface area contributed by atoms with Crippen LogP contribution in [0.2, 0.25) is 0 Å². The normalized spacial score (nSPS) is 31.7. The Morgan fingerprint density at radius 1 is 1.22 bits per heavy atom. The molecule has 2 radical (unpaired) electrons. The van der Waals surface area contributed by atoms with Gasteiger partial charge in [-0.05, 0) is 38.1 Å². The van der Waals surface area contributed by atoms with Crippen LogP contribution in [0.25, 0.3) is 4.85 Å². The van der Waals surface area contributed by atoms with Gasteiger partial charge in [0, 0.05) is 18.8 Å². The first kappa shape index (κ1) is 27.4. The fraction of sp³-hybridized carbons (Fsp3) is 0.850. The van der Waals surface area contributed by atoms with E-state index in [-0.39, 0.29) is 49.7 Å². The third-order valence-electron chi connectivity index (χ3n) is 5.10. The van der Waals surface area contributed by atoms with E-state index < -0.39 is 37.1 Å². The van der Waals surface area contributed by atoms with Gasteiger partial charge in [0.05, 0.1) is 37.1 Å². The Balaban J connectivity index is 1.99. The van der Waals surface area contributed by atoms with Crippen LogP contribution in [0.1, 0.15) is 52.9 Å². The number of rotatable bonds is 13. The summed E-state index contributed by atoms with van der Waals surface area (Å²) >= 11 is 0.960. The smallest absolute Gasteiger partial charge is 0.389 e. The van der Waals surface area contributed by atoms with Crippen molar-refractivity contribution in [3.05, 3.63) is 11.4 Å². The van der Waals surface area contributed by atoms with Crippen LogP contribution >= 0.6 is 18.2 Å². The molecule has 0 aromatic heterocycles. The molecule has 0 saturated carbocycles. The predicted molar refractivity (Wildman–Crippen MR) is 120 cm³/mol. The summed E-state index contributed by atoms with van der Waals surface area (Å²) in [5.74, 6) is -0.294. The summed E-state index contributed by atoms with van der Waals surface area (Å²) < 4.78 is 42.0. The maximum Gasteiger partial charge on any atom is 0.389 e. The second kappa shape index (κ2) is 13.1. The van der Waals surface area contributed by atoms with Gasteiger partial charge in [0.2, 0.25) is 6.54 Å². The van der Waals surface area contributed by atoms with Crippen molar-refractivity contribution < 1.29 is 37.4 Å². The summed E-state index contributed by atoms with van der Waals surface area (Å²) in [5.41, 5.74) is 0. The van der Waals surface area contributed by atoms with Crippen molar-refractivity contribution in [2.75, 3.05) is 18.9 Å². The number of hydrogen-bond donors (Lipinski definition) is 0. The Morgan fingerprint density at radius 3 is 2.62 bits per heavy atom. The summed E-state index contributed by atoms with van der Waals surface area (Å²) in [6.07, 6.45) is -0.502. The molecule has 2 saturated heterocycles. The zero-order valence-corrected chi connectivity index (χ0v) is 20.5. The minimum absolute atomic E-state index is 0.00220. The Hall–Kier alpha value is -0.885. The molecule has 0 aliphatic carbocycles. The van der Waals surface area contributed by atoms with Crippen molar-refractivity contribution in [2.45, 2.75) is 89.4 Å². The SMILES string of the molecule is [B]C1CC(OP(=O)(OCC2OC(C)CC2OC(=O)CCC(C)=O)SCC[N+]#[C-])C(CC)O1. The lowest BCUT2D eigenvalue weighted by Gasteiger charge is -2.26. The maximum absolute atomic E-state index is 13.5. The molecule has 2 rings (SSSR count). The van der Waals surface area contributed by atoms with Crippen molar-refractivity contribution in [1.82, 2.24) is 0 Å². The molecule has 7 unspecified atom stereocenters. The van der Waals surface area contributed by atoms with Crippen LogP contribution in [0.3, 0.4) is 0 Å². The molecular weight excluding hydrogens is 456 g/mol. The molecule has 7 atom stereocenters. The van der Waals surface area contributed by atoms with Gasteiger partial charge in [0.1, 0.15) is 25.8 Å². The second-order valence-corrected chi connectivity index (χ2v) is 12.1. The Morgan fingerprint density at radius 2 is 1.97 bits per heavy atom. The molecule has 2 heterocycles. The van der Waals surface area contributed by atoms with E-state index in [4.69, 9.17) is 37.7 Å². The van der Waals surface area contributed by atoms with Gasteiger partial charge in [-0.25, -0.2) is 11.1 Å². The number of hydrogen-bond acceptors (Lipinski definition) is 9. The number of esters is 1. The molecule has 0 bridgehead atoms. The molecular formula is C20H31BNO8PS. The van der Waals surface area contributed by atoms with E-state index in [9.17, 15) is 14.2 Å². The zero-order chi connectivity index (χ0) is 23.7.